The molecule has 0 saturated heterocycles. The number of benzene rings is 2. The van der Waals surface area contributed by atoms with Crippen molar-refractivity contribution in [3.63, 3.8) is 0 Å². The van der Waals surface area contributed by atoms with E-state index in [-0.39, 0.29) is 4.90 Å². The molecule has 6 heteroatoms. The highest BCUT2D eigenvalue weighted by atomic mass is 32.2. The quantitative estimate of drug-likeness (QED) is 0.854. The first kappa shape index (κ1) is 12.9. The van der Waals surface area contributed by atoms with E-state index in [1.54, 1.807) is 12.3 Å². The SMILES string of the molecule is O=S(=O)(c1cc(F)cc(F)c1)c1ccc2c(c1)C=NC2. The minimum absolute atomic E-state index is 0.00500. The fourth-order valence-electron chi connectivity index (χ4n) is 2.07. The van der Waals surface area contributed by atoms with Crippen LogP contribution in [-0.2, 0) is 16.4 Å². The van der Waals surface area contributed by atoms with Crippen molar-refractivity contribution in [2.75, 3.05) is 0 Å². The van der Waals surface area contributed by atoms with Crippen molar-refractivity contribution in [2.24, 2.45) is 4.99 Å². The number of aliphatic imine (C=N–C) groups is 1. The lowest BCUT2D eigenvalue weighted by Gasteiger charge is -2.07. The maximum Gasteiger partial charge on any atom is 0.206 e. The lowest BCUT2D eigenvalue weighted by molar-refractivity contribution is 0.567. The zero-order chi connectivity index (χ0) is 14.3. The van der Waals surface area contributed by atoms with Crippen molar-refractivity contribution in [2.45, 2.75) is 16.3 Å². The molecule has 3 nitrogen and oxygen atoms in total. The Balaban J connectivity index is 2.14. The lowest BCUT2D eigenvalue weighted by Crippen LogP contribution is -2.04. The van der Waals surface area contributed by atoms with Crippen LogP contribution < -0.4 is 0 Å². The molecule has 0 fully saturated rings. The van der Waals surface area contributed by atoms with Gasteiger partial charge in [-0.25, -0.2) is 17.2 Å². The van der Waals surface area contributed by atoms with E-state index in [0.29, 0.717) is 18.2 Å². The molecule has 0 amide bonds. The third kappa shape index (κ3) is 2.12. The predicted octanol–water partition coefficient (Wildman–Crippen LogP) is 2.73. The van der Waals surface area contributed by atoms with Crippen molar-refractivity contribution < 1.29 is 17.2 Å². The molecule has 20 heavy (non-hydrogen) atoms. The Kier molecular flexibility index (Phi) is 2.90. The first-order chi connectivity index (χ1) is 9.46. The summed E-state index contributed by atoms with van der Waals surface area (Å²) in [5, 5.41) is 0. The van der Waals surface area contributed by atoms with Gasteiger partial charge in [-0.05, 0) is 35.4 Å². The van der Waals surface area contributed by atoms with E-state index in [0.717, 1.165) is 17.7 Å². The number of nitrogens with zero attached hydrogens (tertiary/aromatic N) is 1. The lowest BCUT2D eigenvalue weighted by atomic mass is 10.1. The van der Waals surface area contributed by atoms with Crippen molar-refractivity contribution in [3.8, 4) is 0 Å². The summed E-state index contributed by atoms with van der Waals surface area (Å²) in [6, 6.07) is 6.79. The third-order valence-corrected chi connectivity index (χ3v) is 4.80. The van der Waals surface area contributed by atoms with Crippen molar-refractivity contribution in [1.82, 2.24) is 0 Å². The van der Waals surface area contributed by atoms with Gasteiger partial charge in [0, 0.05) is 12.3 Å². The molecule has 1 aliphatic heterocycles. The smallest absolute Gasteiger partial charge is 0.206 e. The van der Waals surface area contributed by atoms with Crippen molar-refractivity contribution in [3.05, 3.63) is 59.2 Å². The summed E-state index contributed by atoms with van der Waals surface area (Å²) in [7, 11) is -3.95. The molecule has 102 valence electrons. The molecule has 0 spiro atoms. The molecular weight excluding hydrogens is 284 g/mol. The zero-order valence-electron chi connectivity index (χ0n) is 10.2. The van der Waals surface area contributed by atoms with Crippen LogP contribution in [0.2, 0.25) is 0 Å². The van der Waals surface area contributed by atoms with Gasteiger partial charge < -0.3 is 0 Å². The average Bonchev–Trinajstić information content (AvgIpc) is 2.84. The van der Waals surface area contributed by atoms with E-state index in [4.69, 9.17) is 0 Å². The molecule has 3 rings (SSSR count). The van der Waals surface area contributed by atoms with Gasteiger partial charge in [-0.3, -0.25) is 4.99 Å². The highest BCUT2D eigenvalue weighted by Crippen LogP contribution is 2.25. The Morgan fingerprint density at radius 1 is 0.950 bits per heavy atom. The highest BCUT2D eigenvalue weighted by molar-refractivity contribution is 7.91. The summed E-state index contributed by atoms with van der Waals surface area (Å²) < 4.78 is 51.1. The Morgan fingerprint density at radius 2 is 1.65 bits per heavy atom. The van der Waals surface area contributed by atoms with E-state index in [1.165, 1.54) is 12.1 Å². The molecule has 2 aromatic carbocycles. The maximum absolute atomic E-state index is 13.2. The standard InChI is InChI=1S/C14H9F2NO2S/c15-11-4-12(16)6-14(5-11)20(18,19)13-2-1-9-7-17-8-10(9)3-13/h1-6,8H,7H2. The first-order valence-corrected chi connectivity index (χ1v) is 7.29. The molecule has 1 heterocycles. The summed E-state index contributed by atoms with van der Waals surface area (Å²) >= 11 is 0. The second-order valence-electron chi connectivity index (χ2n) is 4.44. The molecule has 0 aliphatic carbocycles. The highest BCUT2D eigenvalue weighted by Gasteiger charge is 2.21. The topological polar surface area (TPSA) is 46.5 Å². The molecule has 0 bridgehead atoms. The van der Waals surface area contributed by atoms with Gasteiger partial charge in [-0.1, -0.05) is 6.07 Å². The Labute approximate surface area is 114 Å². The largest absolute Gasteiger partial charge is 0.288 e. The number of hydrogen-bond donors (Lipinski definition) is 0. The molecule has 0 aromatic heterocycles. The fraction of sp³-hybridized carbons (Fsp3) is 0.0714. The molecule has 2 aromatic rings. The monoisotopic (exact) mass is 293 g/mol. The van der Waals surface area contributed by atoms with Gasteiger partial charge in [0.25, 0.3) is 0 Å². The van der Waals surface area contributed by atoms with Crippen LogP contribution in [0.25, 0.3) is 0 Å². The second-order valence-corrected chi connectivity index (χ2v) is 6.39. The van der Waals surface area contributed by atoms with E-state index in [9.17, 15) is 17.2 Å². The zero-order valence-corrected chi connectivity index (χ0v) is 11.0. The number of sulfone groups is 1. The van der Waals surface area contributed by atoms with Crippen molar-refractivity contribution >= 4 is 16.1 Å². The van der Waals surface area contributed by atoms with E-state index < -0.39 is 26.4 Å². The van der Waals surface area contributed by atoms with Gasteiger partial charge in [0.15, 0.2) is 0 Å². The van der Waals surface area contributed by atoms with Crippen LogP contribution in [0.1, 0.15) is 11.1 Å². The molecule has 0 radical (unpaired) electrons. The number of rotatable bonds is 2. The van der Waals surface area contributed by atoms with Crippen LogP contribution >= 0.6 is 0 Å². The Morgan fingerprint density at radius 3 is 2.35 bits per heavy atom. The van der Waals surface area contributed by atoms with Crippen LogP contribution in [-0.4, -0.2) is 14.6 Å². The van der Waals surface area contributed by atoms with Crippen LogP contribution in [0, 0.1) is 11.6 Å². The summed E-state index contributed by atoms with van der Waals surface area (Å²) in [6.45, 7) is 0.518. The average molecular weight is 293 g/mol. The van der Waals surface area contributed by atoms with E-state index in [1.807, 2.05) is 0 Å². The second kappa shape index (κ2) is 4.49. The van der Waals surface area contributed by atoms with Gasteiger partial charge in [-0.15, -0.1) is 0 Å². The van der Waals surface area contributed by atoms with Crippen LogP contribution in [0.15, 0.2) is 51.2 Å². The van der Waals surface area contributed by atoms with Crippen LogP contribution in [0.3, 0.4) is 0 Å². The summed E-state index contributed by atoms with van der Waals surface area (Å²) in [4.78, 5) is 3.63. The Hall–Kier alpha value is -2.08. The summed E-state index contributed by atoms with van der Waals surface area (Å²) in [5.41, 5.74) is 1.64. The van der Waals surface area contributed by atoms with Gasteiger partial charge in [0.05, 0.1) is 16.3 Å². The minimum atomic E-state index is -3.95. The summed E-state index contributed by atoms with van der Waals surface area (Å²) in [6.07, 6.45) is 1.58. The van der Waals surface area contributed by atoms with Gasteiger partial charge in [0.2, 0.25) is 9.84 Å². The normalized spacial score (nSPS) is 13.5. The van der Waals surface area contributed by atoms with Crippen molar-refractivity contribution in [1.29, 1.82) is 0 Å². The van der Waals surface area contributed by atoms with Gasteiger partial charge in [-0.2, -0.15) is 0 Å². The van der Waals surface area contributed by atoms with Crippen LogP contribution in [0.5, 0.6) is 0 Å². The number of fused-ring (bicyclic) bond motifs is 1. The van der Waals surface area contributed by atoms with Gasteiger partial charge >= 0.3 is 0 Å². The van der Waals surface area contributed by atoms with E-state index >= 15 is 0 Å². The maximum atomic E-state index is 13.2. The predicted molar refractivity (Wildman–Crippen MR) is 69.5 cm³/mol. The number of halogens is 2. The Bertz CT molecular complexity index is 809. The first-order valence-electron chi connectivity index (χ1n) is 5.81. The third-order valence-electron chi connectivity index (χ3n) is 3.07. The fourth-order valence-corrected chi connectivity index (χ4v) is 3.40. The molecular formula is C14H9F2NO2S. The number of hydrogen-bond acceptors (Lipinski definition) is 3. The molecule has 0 atom stereocenters. The van der Waals surface area contributed by atoms with E-state index in [2.05, 4.69) is 4.99 Å². The van der Waals surface area contributed by atoms with Gasteiger partial charge in [0.1, 0.15) is 11.6 Å². The van der Waals surface area contributed by atoms with Crippen LogP contribution in [0.4, 0.5) is 8.78 Å². The molecule has 0 unspecified atom stereocenters. The molecule has 0 N–H and O–H groups in total. The summed E-state index contributed by atoms with van der Waals surface area (Å²) in [5.74, 6) is -1.85. The molecule has 1 aliphatic rings. The minimum Gasteiger partial charge on any atom is -0.288 e. The molecule has 0 saturated carbocycles.